The molecular formula is C28H29F2N3O2. The molecule has 4 N–H and O–H groups in total. The molecule has 1 aromatic heterocycles. The molecule has 4 aromatic rings. The summed E-state index contributed by atoms with van der Waals surface area (Å²) in [5.74, 6) is -1.86. The first-order valence-corrected chi connectivity index (χ1v) is 11.7. The Balaban J connectivity index is 1.50. The van der Waals surface area contributed by atoms with E-state index in [1.54, 1.807) is 18.3 Å². The summed E-state index contributed by atoms with van der Waals surface area (Å²) in [5, 5.41) is 4.21. The van der Waals surface area contributed by atoms with Crippen LogP contribution >= 0.6 is 0 Å². The van der Waals surface area contributed by atoms with Gasteiger partial charge in [0, 0.05) is 36.8 Å². The largest absolute Gasteiger partial charge is 0.456 e. The summed E-state index contributed by atoms with van der Waals surface area (Å²) in [6.45, 7) is 2.94. The summed E-state index contributed by atoms with van der Waals surface area (Å²) in [4.78, 5) is 16.2. The Kier molecular flexibility index (Phi) is 7.90. The van der Waals surface area contributed by atoms with Crippen molar-refractivity contribution in [2.45, 2.75) is 38.5 Å². The van der Waals surface area contributed by atoms with Crippen molar-refractivity contribution in [2.75, 3.05) is 6.54 Å². The van der Waals surface area contributed by atoms with Crippen LogP contribution in [-0.2, 0) is 24.1 Å². The molecule has 2 atom stereocenters. The highest BCUT2D eigenvalue weighted by Gasteiger charge is 2.25. The van der Waals surface area contributed by atoms with E-state index in [9.17, 15) is 13.6 Å². The van der Waals surface area contributed by atoms with Gasteiger partial charge in [0.15, 0.2) is 0 Å². The zero-order chi connectivity index (χ0) is 24.8. The maximum Gasteiger partial charge on any atom is 0.340 e. The number of esters is 1. The Bertz CT molecular complexity index is 1280. The number of nitrogens with one attached hydrogen (secondary N) is 2. The number of halogens is 2. The molecule has 0 amide bonds. The lowest BCUT2D eigenvalue weighted by Crippen LogP contribution is -2.46. The van der Waals surface area contributed by atoms with E-state index in [-0.39, 0.29) is 13.0 Å². The molecule has 0 saturated carbocycles. The van der Waals surface area contributed by atoms with Crippen LogP contribution in [0.2, 0.25) is 0 Å². The minimum Gasteiger partial charge on any atom is -0.456 e. The van der Waals surface area contributed by atoms with Crippen LogP contribution in [0.1, 0.15) is 34.0 Å². The molecule has 35 heavy (non-hydrogen) atoms. The van der Waals surface area contributed by atoms with Crippen molar-refractivity contribution in [3.8, 4) is 0 Å². The van der Waals surface area contributed by atoms with E-state index in [4.69, 9.17) is 10.5 Å². The number of H-pyrrole nitrogens is 1. The molecule has 0 radical (unpaired) electrons. The summed E-state index contributed by atoms with van der Waals surface area (Å²) in [5.41, 5.74) is 10.2. The molecule has 0 aliphatic rings. The lowest BCUT2D eigenvalue weighted by molar-refractivity contribution is 0.0240. The zero-order valence-corrected chi connectivity index (χ0v) is 19.6. The summed E-state index contributed by atoms with van der Waals surface area (Å²) >= 11 is 0. The second kappa shape index (κ2) is 11.3. The molecule has 3 aromatic carbocycles. The van der Waals surface area contributed by atoms with E-state index < -0.39 is 29.7 Å². The molecule has 182 valence electrons. The molecule has 0 bridgehead atoms. The minimum absolute atomic E-state index is 0.145. The van der Waals surface area contributed by atoms with Gasteiger partial charge < -0.3 is 20.8 Å². The summed E-state index contributed by atoms with van der Waals surface area (Å²) in [7, 11) is 0. The van der Waals surface area contributed by atoms with Crippen molar-refractivity contribution in [3.05, 3.63) is 107 Å². The average Bonchev–Trinajstić information content (AvgIpc) is 3.32. The maximum atomic E-state index is 13.7. The predicted octanol–water partition coefficient (Wildman–Crippen LogP) is 4.89. The Morgan fingerprint density at radius 3 is 2.51 bits per heavy atom. The second-order valence-electron chi connectivity index (χ2n) is 8.64. The van der Waals surface area contributed by atoms with E-state index in [1.807, 2.05) is 24.3 Å². The van der Waals surface area contributed by atoms with Crippen LogP contribution in [0.25, 0.3) is 10.9 Å². The highest BCUT2D eigenvalue weighted by Crippen LogP contribution is 2.19. The number of carbonyl (C=O) groups is 1. The average molecular weight is 478 g/mol. The van der Waals surface area contributed by atoms with Crippen molar-refractivity contribution in [3.63, 3.8) is 0 Å². The van der Waals surface area contributed by atoms with Gasteiger partial charge in [-0.1, -0.05) is 43.3 Å². The van der Waals surface area contributed by atoms with Crippen molar-refractivity contribution in [1.82, 2.24) is 10.3 Å². The van der Waals surface area contributed by atoms with Gasteiger partial charge in [0.1, 0.15) is 17.7 Å². The minimum atomic E-state index is -0.728. The van der Waals surface area contributed by atoms with Gasteiger partial charge in [-0.15, -0.1) is 0 Å². The number of aryl methyl sites for hydroxylation is 1. The number of aromatic amines is 1. The number of fused-ring (bicyclic) bond motifs is 1. The zero-order valence-electron chi connectivity index (χ0n) is 19.6. The van der Waals surface area contributed by atoms with Gasteiger partial charge in [-0.25, -0.2) is 13.6 Å². The monoisotopic (exact) mass is 477 g/mol. The molecule has 0 saturated heterocycles. The maximum absolute atomic E-state index is 13.7. The van der Waals surface area contributed by atoms with Crippen molar-refractivity contribution < 1.29 is 18.3 Å². The second-order valence-corrected chi connectivity index (χ2v) is 8.64. The predicted molar refractivity (Wildman–Crippen MR) is 133 cm³/mol. The highest BCUT2D eigenvalue weighted by atomic mass is 19.1. The van der Waals surface area contributed by atoms with E-state index >= 15 is 0 Å². The molecule has 1 heterocycles. The normalized spacial score (nSPS) is 13.0. The van der Waals surface area contributed by atoms with E-state index in [0.29, 0.717) is 23.2 Å². The molecule has 7 heteroatoms. The van der Waals surface area contributed by atoms with Gasteiger partial charge in [0.05, 0.1) is 11.1 Å². The highest BCUT2D eigenvalue weighted by molar-refractivity contribution is 6.03. The van der Waals surface area contributed by atoms with Crippen LogP contribution in [0.3, 0.4) is 0 Å². The van der Waals surface area contributed by atoms with Crippen LogP contribution in [0.4, 0.5) is 8.78 Å². The molecular weight excluding hydrogens is 448 g/mol. The molecule has 0 unspecified atom stereocenters. The Morgan fingerprint density at radius 1 is 1.00 bits per heavy atom. The lowest BCUT2D eigenvalue weighted by Gasteiger charge is -2.25. The fraction of sp³-hybridized carbons (Fsp3) is 0.250. The third-order valence-electron chi connectivity index (χ3n) is 6.01. The first-order valence-electron chi connectivity index (χ1n) is 11.7. The van der Waals surface area contributed by atoms with E-state index in [0.717, 1.165) is 23.4 Å². The van der Waals surface area contributed by atoms with Gasteiger partial charge in [0.25, 0.3) is 0 Å². The molecule has 0 spiro atoms. The van der Waals surface area contributed by atoms with Crippen LogP contribution in [0.15, 0.2) is 72.9 Å². The molecule has 5 nitrogen and oxygen atoms in total. The number of carbonyl (C=O) groups excluding carboxylic acids is 1. The van der Waals surface area contributed by atoms with Gasteiger partial charge in [-0.2, -0.15) is 0 Å². The van der Waals surface area contributed by atoms with Crippen molar-refractivity contribution in [2.24, 2.45) is 5.73 Å². The number of para-hydroxylation sites is 1. The van der Waals surface area contributed by atoms with Crippen LogP contribution < -0.4 is 11.1 Å². The molecule has 0 aliphatic carbocycles. The SMILES string of the molecule is CCc1cccc(CNC[C@@H](OC(=O)c2cccc3cc[nH]c23)[C@@H](N)Cc2cc(F)cc(F)c2)c1. The Labute approximate surface area is 203 Å². The lowest BCUT2D eigenvalue weighted by atomic mass is 10.0. The first kappa shape index (κ1) is 24.6. The van der Waals surface area contributed by atoms with Crippen molar-refractivity contribution in [1.29, 1.82) is 0 Å². The Hall–Kier alpha value is -3.55. The fourth-order valence-corrected chi connectivity index (χ4v) is 4.19. The van der Waals surface area contributed by atoms with E-state index in [1.165, 1.54) is 17.7 Å². The number of hydrogen-bond acceptors (Lipinski definition) is 4. The molecule has 0 fully saturated rings. The third-order valence-corrected chi connectivity index (χ3v) is 6.01. The summed E-state index contributed by atoms with van der Waals surface area (Å²) < 4.78 is 33.3. The van der Waals surface area contributed by atoms with Gasteiger partial charge in [-0.05, 0) is 53.8 Å². The number of aromatic nitrogens is 1. The van der Waals surface area contributed by atoms with Gasteiger partial charge >= 0.3 is 5.97 Å². The first-order chi connectivity index (χ1) is 16.9. The number of nitrogens with two attached hydrogens (primary N) is 1. The van der Waals surface area contributed by atoms with Crippen LogP contribution in [0, 0.1) is 11.6 Å². The van der Waals surface area contributed by atoms with Crippen LogP contribution in [0.5, 0.6) is 0 Å². The molecule has 4 rings (SSSR count). The third kappa shape index (κ3) is 6.32. The summed E-state index contributed by atoms with van der Waals surface area (Å²) in [6.07, 6.45) is 2.11. The van der Waals surface area contributed by atoms with Gasteiger partial charge in [0.2, 0.25) is 0 Å². The Morgan fingerprint density at radius 2 is 1.74 bits per heavy atom. The smallest absolute Gasteiger partial charge is 0.340 e. The van der Waals surface area contributed by atoms with E-state index in [2.05, 4.69) is 29.4 Å². The fourth-order valence-electron chi connectivity index (χ4n) is 4.19. The van der Waals surface area contributed by atoms with Gasteiger partial charge in [-0.3, -0.25) is 0 Å². The van der Waals surface area contributed by atoms with Crippen molar-refractivity contribution >= 4 is 16.9 Å². The topological polar surface area (TPSA) is 80.1 Å². The molecule has 0 aliphatic heterocycles. The van der Waals surface area contributed by atoms with Crippen LogP contribution in [-0.4, -0.2) is 29.6 Å². The number of benzene rings is 3. The quantitative estimate of drug-likeness (QED) is 0.284. The number of rotatable bonds is 10. The standard InChI is InChI=1S/C28H29F2N3O2/c1-2-18-5-3-6-19(11-18)16-32-17-26(25(31)14-20-12-22(29)15-23(30)13-20)35-28(34)24-8-4-7-21-9-10-33-27(21)24/h3-13,15,25-26,32-33H,2,14,16-17,31H2,1H3/t25-,26+/m0/s1. The summed E-state index contributed by atoms with van der Waals surface area (Å²) in [6, 6.07) is 18.1. The number of hydrogen-bond donors (Lipinski definition) is 3. The number of ether oxygens (including phenoxy) is 1.